The Morgan fingerprint density at radius 3 is 2.72 bits per heavy atom. The number of carbonyl (C=O) groups is 1. The monoisotopic (exact) mass is 409 g/mol. The molecule has 3 aromatic rings. The summed E-state index contributed by atoms with van der Waals surface area (Å²) in [6, 6.07) is 15.0. The SMILES string of the molecule is O=C(c1cccc(Cl)c1)N1CCC(CNCc2cccc(-n3cccn3)n2)CC1. The second kappa shape index (κ2) is 9.20. The van der Waals surface area contributed by atoms with Crippen molar-refractivity contribution in [3.05, 3.63) is 77.2 Å². The number of hydrogen-bond acceptors (Lipinski definition) is 4. The van der Waals surface area contributed by atoms with Crippen molar-refractivity contribution in [1.82, 2.24) is 25.0 Å². The molecular formula is C22H24ClN5O. The third-order valence-electron chi connectivity index (χ3n) is 5.24. The van der Waals surface area contributed by atoms with Gasteiger partial charge in [0.15, 0.2) is 5.82 Å². The highest BCUT2D eigenvalue weighted by Crippen LogP contribution is 2.20. The van der Waals surface area contributed by atoms with E-state index in [0.29, 0.717) is 16.5 Å². The van der Waals surface area contributed by atoms with Gasteiger partial charge in [-0.2, -0.15) is 5.10 Å². The van der Waals surface area contributed by atoms with Gasteiger partial charge in [-0.1, -0.05) is 23.7 Å². The molecule has 1 aliphatic heterocycles. The molecule has 1 fully saturated rings. The maximum atomic E-state index is 12.6. The largest absolute Gasteiger partial charge is 0.339 e. The predicted molar refractivity (Wildman–Crippen MR) is 113 cm³/mol. The lowest BCUT2D eigenvalue weighted by Gasteiger charge is -2.32. The molecule has 2 aromatic heterocycles. The van der Waals surface area contributed by atoms with E-state index in [1.807, 2.05) is 47.5 Å². The minimum Gasteiger partial charge on any atom is -0.339 e. The molecule has 0 saturated carbocycles. The summed E-state index contributed by atoms with van der Waals surface area (Å²) in [6.07, 6.45) is 5.63. The van der Waals surface area contributed by atoms with E-state index < -0.39 is 0 Å². The van der Waals surface area contributed by atoms with Crippen LogP contribution in [0.5, 0.6) is 0 Å². The molecule has 6 nitrogen and oxygen atoms in total. The number of nitrogens with zero attached hydrogens (tertiary/aromatic N) is 4. The van der Waals surface area contributed by atoms with Gasteiger partial charge in [-0.15, -0.1) is 0 Å². The number of aromatic nitrogens is 3. The first-order valence-corrected chi connectivity index (χ1v) is 10.3. The fourth-order valence-corrected chi connectivity index (χ4v) is 3.84. The molecule has 0 atom stereocenters. The van der Waals surface area contributed by atoms with Crippen LogP contribution in [0.3, 0.4) is 0 Å². The number of hydrogen-bond donors (Lipinski definition) is 1. The molecule has 0 radical (unpaired) electrons. The molecule has 150 valence electrons. The second-order valence-corrected chi connectivity index (χ2v) is 7.75. The average Bonchev–Trinajstić information content (AvgIpc) is 3.29. The van der Waals surface area contributed by atoms with Crippen LogP contribution in [0.1, 0.15) is 28.9 Å². The van der Waals surface area contributed by atoms with Crippen molar-refractivity contribution >= 4 is 17.5 Å². The van der Waals surface area contributed by atoms with E-state index >= 15 is 0 Å². The van der Waals surface area contributed by atoms with Gasteiger partial charge in [-0.25, -0.2) is 9.67 Å². The molecule has 0 unspecified atom stereocenters. The highest BCUT2D eigenvalue weighted by Gasteiger charge is 2.23. The molecule has 0 spiro atoms. The molecule has 29 heavy (non-hydrogen) atoms. The topological polar surface area (TPSA) is 63.1 Å². The minimum atomic E-state index is 0.0681. The van der Waals surface area contributed by atoms with Gasteiger partial charge in [0.05, 0.1) is 5.69 Å². The standard InChI is InChI=1S/C22H24ClN5O/c23-19-5-1-4-18(14-19)22(29)27-12-8-17(9-13-27)15-24-16-20-6-2-7-21(26-20)28-11-3-10-25-28/h1-7,10-11,14,17,24H,8-9,12-13,15-16H2. The zero-order valence-corrected chi connectivity index (χ0v) is 16.9. The third-order valence-corrected chi connectivity index (χ3v) is 5.48. The summed E-state index contributed by atoms with van der Waals surface area (Å²) in [5.74, 6) is 1.45. The van der Waals surface area contributed by atoms with Crippen molar-refractivity contribution in [2.24, 2.45) is 5.92 Å². The number of halogens is 1. The van der Waals surface area contributed by atoms with Crippen LogP contribution in [-0.2, 0) is 6.54 Å². The average molecular weight is 410 g/mol. The van der Waals surface area contributed by atoms with Gasteiger partial charge in [0.2, 0.25) is 0 Å². The molecule has 1 saturated heterocycles. The fraction of sp³-hybridized carbons (Fsp3) is 0.318. The number of rotatable bonds is 6. The molecule has 4 rings (SSSR count). The smallest absolute Gasteiger partial charge is 0.253 e. The minimum absolute atomic E-state index is 0.0681. The van der Waals surface area contributed by atoms with Gasteiger partial charge < -0.3 is 10.2 Å². The van der Waals surface area contributed by atoms with Gasteiger partial charge in [0, 0.05) is 42.6 Å². The zero-order valence-electron chi connectivity index (χ0n) is 16.2. The molecule has 1 aromatic carbocycles. The lowest BCUT2D eigenvalue weighted by molar-refractivity contribution is 0.0690. The van der Waals surface area contributed by atoms with Crippen LogP contribution in [0.15, 0.2) is 60.9 Å². The van der Waals surface area contributed by atoms with Gasteiger partial charge in [0.25, 0.3) is 5.91 Å². The first-order chi connectivity index (χ1) is 14.2. The molecule has 1 N–H and O–H groups in total. The molecule has 1 aliphatic rings. The third kappa shape index (κ3) is 5.02. The number of likely N-dealkylation sites (tertiary alicyclic amines) is 1. The highest BCUT2D eigenvalue weighted by atomic mass is 35.5. The van der Waals surface area contributed by atoms with E-state index in [1.54, 1.807) is 23.0 Å². The lowest BCUT2D eigenvalue weighted by atomic mass is 9.96. The second-order valence-electron chi connectivity index (χ2n) is 7.31. The summed E-state index contributed by atoms with van der Waals surface area (Å²) in [6.45, 7) is 3.21. The summed E-state index contributed by atoms with van der Waals surface area (Å²) < 4.78 is 1.76. The summed E-state index contributed by atoms with van der Waals surface area (Å²) in [5.41, 5.74) is 1.66. The predicted octanol–water partition coefficient (Wildman–Crippen LogP) is 3.56. The van der Waals surface area contributed by atoms with Crippen molar-refractivity contribution in [3.63, 3.8) is 0 Å². The summed E-state index contributed by atoms with van der Waals surface area (Å²) in [4.78, 5) is 19.2. The van der Waals surface area contributed by atoms with E-state index in [4.69, 9.17) is 11.6 Å². The fourth-order valence-electron chi connectivity index (χ4n) is 3.65. The molecule has 3 heterocycles. The molecular weight excluding hydrogens is 386 g/mol. The molecule has 1 amide bonds. The first-order valence-electron chi connectivity index (χ1n) is 9.90. The van der Waals surface area contributed by atoms with Crippen molar-refractivity contribution in [1.29, 1.82) is 0 Å². The number of piperidine rings is 1. The van der Waals surface area contributed by atoms with E-state index in [-0.39, 0.29) is 5.91 Å². The van der Waals surface area contributed by atoms with Crippen LogP contribution in [0, 0.1) is 5.92 Å². The molecule has 0 bridgehead atoms. The number of benzene rings is 1. The van der Waals surface area contributed by atoms with E-state index in [0.717, 1.165) is 50.5 Å². The van der Waals surface area contributed by atoms with Crippen molar-refractivity contribution in [3.8, 4) is 5.82 Å². The van der Waals surface area contributed by atoms with Crippen molar-refractivity contribution in [2.45, 2.75) is 19.4 Å². The van der Waals surface area contributed by atoms with Crippen LogP contribution in [0.25, 0.3) is 5.82 Å². The van der Waals surface area contributed by atoms with Crippen LogP contribution in [0.2, 0.25) is 5.02 Å². The van der Waals surface area contributed by atoms with Crippen LogP contribution >= 0.6 is 11.6 Å². The van der Waals surface area contributed by atoms with E-state index in [1.165, 1.54) is 0 Å². The summed E-state index contributed by atoms with van der Waals surface area (Å²) in [5, 5.41) is 8.33. The van der Waals surface area contributed by atoms with Crippen molar-refractivity contribution in [2.75, 3.05) is 19.6 Å². The van der Waals surface area contributed by atoms with Gasteiger partial charge in [0.1, 0.15) is 0 Å². The highest BCUT2D eigenvalue weighted by molar-refractivity contribution is 6.30. The van der Waals surface area contributed by atoms with Gasteiger partial charge in [-0.05, 0) is 61.7 Å². The Bertz CT molecular complexity index is 951. The number of carbonyl (C=O) groups excluding carboxylic acids is 1. The van der Waals surface area contributed by atoms with Crippen LogP contribution in [-0.4, -0.2) is 45.2 Å². The Hall–Kier alpha value is -2.70. The normalized spacial score (nSPS) is 14.9. The first kappa shape index (κ1) is 19.6. The molecule has 0 aliphatic carbocycles. The Morgan fingerprint density at radius 2 is 1.97 bits per heavy atom. The number of nitrogens with one attached hydrogen (secondary N) is 1. The maximum absolute atomic E-state index is 12.6. The van der Waals surface area contributed by atoms with Crippen LogP contribution < -0.4 is 5.32 Å². The van der Waals surface area contributed by atoms with E-state index in [2.05, 4.69) is 15.4 Å². The Labute approximate surface area is 175 Å². The van der Waals surface area contributed by atoms with Crippen molar-refractivity contribution < 1.29 is 4.79 Å². The van der Waals surface area contributed by atoms with Gasteiger partial charge in [-0.3, -0.25) is 4.79 Å². The number of amides is 1. The quantitative estimate of drug-likeness (QED) is 0.676. The molecule has 7 heteroatoms. The Morgan fingerprint density at radius 1 is 1.14 bits per heavy atom. The van der Waals surface area contributed by atoms with Gasteiger partial charge >= 0.3 is 0 Å². The number of pyridine rings is 1. The maximum Gasteiger partial charge on any atom is 0.253 e. The Kier molecular flexibility index (Phi) is 6.22. The summed E-state index contributed by atoms with van der Waals surface area (Å²) in [7, 11) is 0. The lowest BCUT2D eigenvalue weighted by Crippen LogP contribution is -2.40. The zero-order chi connectivity index (χ0) is 20.1. The van der Waals surface area contributed by atoms with E-state index in [9.17, 15) is 4.79 Å². The summed E-state index contributed by atoms with van der Waals surface area (Å²) >= 11 is 6.01. The van der Waals surface area contributed by atoms with Crippen LogP contribution in [0.4, 0.5) is 0 Å². The Balaban J connectivity index is 1.23.